The molecule has 3 heterocycles. The van der Waals surface area contributed by atoms with Gasteiger partial charge in [-0.15, -0.1) is 0 Å². The number of nitrogens with zero attached hydrogens (tertiary/aromatic N) is 4. The molecular formula is C34H30BrFN4O2. The number of rotatable bonds is 7. The van der Waals surface area contributed by atoms with Crippen molar-refractivity contribution in [3.8, 4) is 11.4 Å². The van der Waals surface area contributed by atoms with Gasteiger partial charge in [-0.05, 0) is 79.9 Å². The molecular weight excluding hydrogens is 595 g/mol. The highest BCUT2D eigenvalue weighted by molar-refractivity contribution is 9.10. The zero-order valence-corrected chi connectivity index (χ0v) is 24.8. The molecule has 0 saturated carbocycles. The first-order valence-electron chi connectivity index (χ1n) is 14.1. The maximum Gasteiger partial charge on any atom is 0.254 e. The van der Waals surface area contributed by atoms with Crippen LogP contribution >= 0.6 is 15.9 Å². The lowest BCUT2D eigenvalue weighted by atomic mass is 9.93. The summed E-state index contributed by atoms with van der Waals surface area (Å²) in [6, 6.07) is 25.0. The first-order chi connectivity index (χ1) is 20.5. The van der Waals surface area contributed by atoms with Crippen molar-refractivity contribution in [2.45, 2.75) is 25.7 Å². The number of hydrogen-bond donors (Lipinski definition) is 0. The second-order valence-corrected chi connectivity index (χ2v) is 11.2. The van der Waals surface area contributed by atoms with Crippen molar-refractivity contribution in [2.24, 2.45) is 0 Å². The van der Waals surface area contributed by atoms with E-state index < -0.39 is 0 Å². The van der Waals surface area contributed by atoms with Crippen LogP contribution < -0.4 is 4.74 Å². The number of fused-ring (bicyclic) bond motifs is 1. The lowest BCUT2D eigenvalue weighted by Gasteiger charge is -2.31. The number of carbonyl (C=O) groups excluding carboxylic acids is 1. The molecule has 212 valence electrons. The number of ether oxygens (including phenoxy) is 1. The van der Waals surface area contributed by atoms with Gasteiger partial charge in [0.25, 0.3) is 5.91 Å². The fourth-order valence-electron chi connectivity index (χ4n) is 5.39. The van der Waals surface area contributed by atoms with Crippen LogP contribution in [0.1, 0.15) is 53.0 Å². The number of carbonyl (C=O) groups is 1. The van der Waals surface area contributed by atoms with Crippen LogP contribution in [0, 0.1) is 5.82 Å². The maximum absolute atomic E-state index is 14.9. The number of piperidine rings is 1. The molecule has 1 aliphatic heterocycles. The Kier molecular flexibility index (Phi) is 8.15. The SMILES string of the molecule is CCOc1ccc(/C=C/c2cc(C(=O)N3CCC(c4nn(-c5ccccc5)cc4F)CC3)c3cc(Br)ccc3n2)cc1. The van der Waals surface area contributed by atoms with E-state index in [2.05, 4.69) is 21.0 Å². The molecule has 0 atom stereocenters. The van der Waals surface area contributed by atoms with Crippen molar-refractivity contribution in [2.75, 3.05) is 19.7 Å². The number of hydrogen-bond acceptors (Lipinski definition) is 4. The molecule has 0 bridgehead atoms. The van der Waals surface area contributed by atoms with Crippen LogP contribution in [0.4, 0.5) is 4.39 Å². The first-order valence-corrected chi connectivity index (χ1v) is 14.9. The molecule has 2 aromatic heterocycles. The number of likely N-dealkylation sites (tertiary alicyclic amines) is 1. The molecule has 0 spiro atoms. The van der Waals surface area contributed by atoms with E-state index in [-0.39, 0.29) is 17.6 Å². The van der Waals surface area contributed by atoms with Gasteiger partial charge < -0.3 is 9.64 Å². The highest BCUT2D eigenvalue weighted by Crippen LogP contribution is 2.31. The van der Waals surface area contributed by atoms with Crippen molar-refractivity contribution in [3.63, 3.8) is 0 Å². The standard InChI is InChI=1S/C34H30BrFN4O2/c1-2-42-28-13-9-23(10-14-28)8-12-26-21-30(29-20-25(35)11-15-32(29)37-26)34(41)39-18-16-24(17-19-39)33-31(36)22-40(38-33)27-6-4-3-5-7-27/h3-15,20-22,24H,2,16-19H2,1H3/b12-8+. The minimum absolute atomic E-state index is 0.0463. The third-order valence-electron chi connectivity index (χ3n) is 7.54. The third kappa shape index (κ3) is 5.99. The van der Waals surface area contributed by atoms with Gasteiger partial charge in [-0.25, -0.2) is 14.1 Å². The first kappa shape index (κ1) is 27.8. The summed E-state index contributed by atoms with van der Waals surface area (Å²) in [4.78, 5) is 20.6. The second-order valence-electron chi connectivity index (χ2n) is 10.3. The van der Waals surface area contributed by atoms with Gasteiger partial charge in [0.2, 0.25) is 0 Å². The second kappa shape index (κ2) is 12.3. The lowest BCUT2D eigenvalue weighted by Crippen LogP contribution is -2.38. The van der Waals surface area contributed by atoms with Crippen LogP contribution in [0.5, 0.6) is 5.75 Å². The Balaban J connectivity index is 1.21. The number of aromatic nitrogens is 3. The molecule has 0 N–H and O–H groups in total. The van der Waals surface area contributed by atoms with E-state index >= 15 is 0 Å². The predicted octanol–water partition coefficient (Wildman–Crippen LogP) is 7.91. The fraction of sp³-hybridized carbons (Fsp3) is 0.206. The highest BCUT2D eigenvalue weighted by atomic mass is 79.9. The van der Waals surface area contributed by atoms with E-state index in [1.165, 1.54) is 6.20 Å². The molecule has 6 rings (SSSR count). The van der Waals surface area contributed by atoms with Crippen LogP contribution in [0.15, 0.2) is 89.5 Å². The van der Waals surface area contributed by atoms with E-state index in [0.29, 0.717) is 49.5 Å². The Labute approximate surface area is 252 Å². The van der Waals surface area contributed by atoms with Crippen LogP contribution in [0.2, 0.25) is 0 Å². The molecule has 42 heavy (non-hydrogen) atoms. The van der Waals surface area contributed by atoms with E-state index in [1.807, 2.05) is 103 Å². The zero-order chi connectivity index (χ0) is 29.1. The van der Waals surface area contributed by atoms with Gasteiger partial charge in [0.05, 0.1) is 35.3 Å². The molecule has 1 fully saturated rings. The van der Waals surface area contributed by atoms with Gasteiger partial charge >= 0.3 is 0 Å². The average molecular weight is 626 g/mol. The number of pyridine rings is 1. The smallest absolute Gasteiger partial charge is 0.254 e. The number of benzene rings is 3. The summed E-state index contributed by atoms with van der Waals surface area (Å²) in [5, 5.41) is 5.36. The molecule has 5 aromatic rings. The maximum atomic E-state index is 14.9. The van der Waals surface area contributed by atoms with Gasteiger partial charge in [-0.2, -0.15) is 5.10 Å². The highest BCUT2D eigenvalue weighted by Gasteiger charge is 2.29. The predicted molar refractivity (Wildman–Crippen MR) is 167 cm³/mol. The largest absolute Gasteiger partial charge is 0.494 e. The van der Waals surface area contributed by atoms with Crippen molar-refractivity contribution in [1.29, 1.82) is 0 Å². The van der Waals surface area contributed by atoms with Gasteiger partial charge in [0.1, 0.15) is 11.4 Å². The zero-order valence-electron chi connectivity index (χ0n) is 23.2. The van der Waals surface area contributed by atoms with E-state index in [0.717, 1.165) is 32.4 Å². The minimum atomic E-state index is -0.308. The third-order valence-corrected chi connectivity index (χ3v) is 8.04. The normalized spacial score (nSPS) is 14.1. The van der Waals surface area contributed by atoms with Gasteiger partial charge in [-0.1, -0.05) is 52.3 Å². The van der Waals surface area contributed by atoms with Crippen LogP contribution in [-0.2, 0) is 0 Å². The van der Waals surface area contributed by atoms with E-state index in [4.69, 9.17) is 9.72 Å². The molecule has 1 saturated heterocycles. The summed E-state index contributed by atoms with van der Waals surface area (Å²) in [6.45, 7) is 3.63. The van der Waals surface area contributed by atoms with Crippen LogP contribution in [-0.4, -0.2) is 45.3 Å². The van der Waals surface area contributed by atoms with E-state index in [1.54, 1.807) is 4.68 Å². The Bertz CT molecular complexity index is 1740. The molecule has 0 unspecified atom stereocenters. The molecule has 1 amide bonds. The summed E-state index contributed by atoms with van der Waals surface area (Å²) < 4.78 is 22.9. The minimum Gasteiger partial charge on any atom is -0.494 e. The van der Waals surface area contributed by atoms with Gasteiger partial charge in [0.15, 0.2) is 5.82 Å². The molecule has 6 nitrogen and oxygen atoms in total. The summed E-state index contributed by atoms with van der Waals surface area (Å²) >= 11 is 3.55. The summed E-state index contributed by atoms with van der Waals surface area (Å²) in [6.07, 6.45) is 6.63. The molecule has 1 aliphatic rings. The summed E-state index contributed by atoms with van der Waals surface area (Å²) in [5.74, 6) is 0.422. The van der Waals surface area contributed by atoms with Crippen LogP contribution in [0.25, 0.3) is 28.7 Å². The van der Waals surface area contributed by atoms with Crippen LogP contribution in [0.3, 0.4) is 0 Å². The number of halogens is 2. The van der Waals surface area contributed by atoms with Crippen molar-refractivity contribution in [3.05, 3.63) is 118 Å². The van der Waals surface area contributed by atoms with Gasteiger partial charge in [0, 0.05) is 28.9 Å². The summed E-state index contributed by atoms with van der Waals surface area (Å²) in [7, 11) is 0. The molecule has 0 aliphatic carbocycles. The molecule has 8 heteroatoms. The monoisotopic (exact) mass is 624 g/mol. The topological polar surface area (TPSA) is 60.2 Å². The molecule has 0 radical (unpaired) electrons. The van der Waals surface area contributed by atoms with Crippen molar-refractivity contribution in [1.82, 2.24) is 19.7 Å². The Morgan fingerprint density at radius 3 is 2.52 bits per heavy atom. The number of amides is 1. The quantitative estimate of drug-likeness (QED) is 0.185. The Hall–Kier alpha value is -4.30. The average Bonchev–Trinajstić information content (AvgIpc) is 3.42. The van der Waals surface area contributed by atoms with Crippen molar-refractivity contribution >= 4 is 44.9 Å². The summed E-state index contributed by atoms with van der Waals surface area (Å²) in [5.41, 5.74) is 4.34. The fourth-order valence-corrected chi connectivity index (χ4v) is 5.75. The Morgan fingerprint density at radius 2 is 1.79 bits per heavy atom. The van der Waals surface area contributed by atoms with Gasteiger partial charge in [-0.3, -0.25) is 4.79 Å². The molecule has 3 aromatic carbocycles. The lowest BCUT2D eigenvalue weighted by molar-refractivity contribution is 0.0713. The van der Waals surface area contributed by atoms with Crippen molar-refractivity contribution < 1.29 is 13.9 Å². The Morgan fingerprint density at radius 1 is 1.02 bits per heavy atom. The number of para-hydroxylation sites is 1. The van der Waals surface area contributed by atoms with E-state index in [9.17, 15) is 9.18 Å².